The predicted octanol–water partition coefficient (Wildman–Crippen LogP) is 4.43. The summed E-state index contributed by atoms with van der Waals surface area (Å²) in [5, 5.41) is 6.34. The van der Waals surface area contributed by atoms with E-state index in [0.717, 1.165) is 36.6 Å². The monoisotopic (exact) mass is 364 g/mol. The molecule has 0 aliphatic rings. The molecule has 0 saturated carbocycles. The molecule has 0 unspecified atom stereocenters. The second-order valence-electron chi connectivity index (χ2n) is 6.13. The first-order valence-corrected chi connectivity index (χ1v) is 8.96. The Morgan fingerprint density at radius 2 is 1.74 bits per heavy atom. The molecular formula is C20H24N6O. The van der Waals surface area contributed by atoms with Gasteiger partial charge in [-0.3, -0.25) is 0 Å². The Kier molecular flexibility index (Phi) is 6.04. The van der Waals surface area contributed by atoms with Crippen LogP contribution >= 0.6 is 0 Å². The van der Waals surface area contributed by atoms with Crippen LogP contribution in [0.3, 0.4) is 0 Å². The van der Waals surface area contributed by atoms with Crippen LogP contribution in [0.2, 0.25) is 0 Å². The maximum absolute atomic E-state index is 6.23. The van der Waals surface area contributed by atoms with E-state index in [0.29, 0.717) is 23.1 Å². The van der Waals surface area contributed by atoms with Crippen LogP contribution in [0.1, 0.15) is 25.5 Å². The number of benzene rings is 1. The average molecular weight is 364 g/mol. The van der Waals surface area contributed by atoms with Crippen molar-refractivity contribution in [1.29, 1.82) is 0 Å². The lowest BCUT2D eigenvalue weighted by atomic mass is 10.3. The van der Waals surface area contributed by atoms with E-state index in [1.165, 1.54) is 6.33 Å². The highest BCUT2D eigenvalue weighted by Gasteiger charge is 2.09. The molecule has 0 amide bonds. The average Bonchev–Trinajstić information content (AvgIpc) is 2.67. The normalized spacial score (nSPS) is 10.4. The molecule has 4 N–H and O–H groups in total. The Balaban J connectivity index is 1.70. The Bertz CT molecular complexity index is 882. The zero-order chi connectivity index (χ0) is 19.1. The molecule has 27 heavy (non-hydrogen) atoms. The van der Waals surface area contributed by atoms with Crippen LogP contribution in [0, 0.1) is 6.92 Å². The lowest BCUT2D eigenvalue weighted by Crippen LogP contribution is -2.06. The summed E-state index contributed by atoms with van der Waals surface area (Å²) in [6.07, 6.45) is 3.61. The number of nitrogen functional groups attached to an aromatic ring is 1. The van der Waals surface area contributed by atoms with E-state index in [2.05, 4.69) is 32.5 Å². The highest BCUT2D eigenvalue weighted by atomic mass is 16.5. The van der Waals surface area contributed by atoms with Crippen molar-refractivity contribution in [3.8, 4) is 5.75 Å². The number of nitrogens with zero attached hydrogens (tertiary/aromatic N) is 3. The van der Waals surface area contributed by atoms with Gasteiger partial charge in [0.25, 0.3) is 0 Å². The molecule has 0 bridgehead atoms. The largest absolute Gasteiger partial charge is 0.494 e. The molecule has 0 saturated heterocycles. The van der Waals surface area contributed by atoms with Crippen LogP contribution in [-0.2, 0) is 0 Å². The molecule has 3 aromatic rings. The van der Waals surface area contributed by atoms with Crippen LogP contribution in [0.25, 0.3) is 0 Å². The van der Waals surface area contributed by atoms with E-state index in [1.807, 2.05) is 49.4 Å². The van der Waals surface area contributed by atoms with Gasteiger partial charge in [-0.15, -0.1) is 0 Å². The van der Waals surface area contributed by atoms with Gasteiger partial charge >= 0.3 is 0 Å². The zero-order valence-electron chi connectivity index (χ0n) is 15.6. The van der Waals surface area contributed by atoms with Gasteiger partial charge < -0.3 is 21.1 Å². The molecule has 0 spiro atoms. The number of ether oxygens (including phenoxy) is 1. The molecule has 7 heteroatoms. The van der Waals surface area contributed by atoms with Crippen molar-refractivity contribution in [3.05, 3.63) is 54.5 Å². The van der Waals surface area contributed by atoms with Crippen LogP contribution in [-0.4, -0.2) is 21.6 Å². The van der Waals surface area contributed by atoms with E-state index in [9.17, 15) is 0 Å². The molecule has 7 nitrogen and oxygen atoms in total. The Labute approximate surface area is 159 Å². The second-order valence-corrected chi connectivity index (χ2v) is 6.13. The standard InChI is InChI=1S/C20H24N6O/c1-3-4-12-27-16-10-8-15(9-11-16)25-19-18(21)20(23-13-22-19)26-17-7-5-6-14(2)24-17/h5-11,13H,3-4,12,21H2,1-2H3,(H2,22,23,24,25,26). The molecule has 1 aromatic carbocycles. The fraction of sp³-hybridized carbons (Fsp3) is 0.250. The molecule has 3 rings (SSSR count). The van der Waals surface area contributed by atoms with Gasteiger partial charge in [0.15, 0.2) is 11.6 Å². The summed E-state index contributed by atoms with van der Waals surface area (Å²) in [6.45, 7) is 4.79. The molecule has 0 aliphatic heterocycles. The third-order valence-corrected chi connectivity index (χ3v) is 3.90. The number of pyridine rings is 1. The van der Waals surface area contributed by atoms with Crippen molar-refractivity contribution < 1.29 is 4.74 Å². The molecule has 2 heterocycles. The highest BCUT2D eigenvalue weighted by Crippen LogP contribution is 2.28. The minimum absolute atomic E-state index is 0.420. The molecule has 0 radical (unpaired) electrons. The summed E-state index contributed by atoms with van der Waals surface area (Å²) < 4.78 is 5.68. The van der Waals surface area contributed by atoms with Crippen molar-refractivity contribution in [2.24, 2.45) is 0 Å². The molecule has 140 valence electrons. The van der Waals surface area contributed by atoms with Crippen molar-refractivity contribution in [2.45, 2.75) is 26.7 Å². The van der Waals surface area contributed by atoms with Gasteiger partial charge in [0, 0.05) is 11.4 Å². The van der Waals surface area contributed by atoms with Gasteiger partial charge in [-0.1, -0.05) is 19.4 Å². The second kappa shape index (κ2) is 8.84. The zero-order valence-corrected chi connectivity index (χ0v) is 15.6. The third kappa shape index (κ3) is 5.07. The predicted molar refractivity (Wildman–Crippen MR) is 109 cm³/mol. The summed E-state index contributed by atoms with van der Waals surface area (Å²) in [5.74, 6) is 2.56. The number of nitrogens with two attached hydrogens (primary N) is 1. The van der Waals surface area contributed by atoms with Crippen LogP contribution < -0.4 is 21.1 Å². The minimum Gasteiger partial charge on any atom is -0.494 e. The van der Waals surface area contributed by atoms with E-state index in [1.54, 1.807) is 0 Å². The Hall–Kier alpha value is -3.35. The number of anilines is 5. The van der Waals surface area contributed by atoms with Gasteiger partial charge in [-0.05, 0) is 49.7 Å². The van der Waals surface area contributed by atoms with E-state index in [-0.39, 0.29) is 0 Å². The number of rotatable bonds is 8. The van der Waals surface area contributed by atoms with E-state index in [4.69, 9.17) is 10.5 Å². The lowest BCUT2D eigenvalue weighted by molar-refractivity contribution is 0.309. The number of hydrogen-bond donors (Lipinski definition) is 3. The van der Waals surface area contributed by atoms with Gasteiger partial charge in [0.2, 0.25) is 0 Å². The first kappa shape index (κ1) is 18.4. The number of nitrogens with one attached hydrogen (secondary N) is 2. The third-order valence-electron chi connectivity index (χ3n) is 3.90. The van der Waals surface area contributed by atoms with E-state index < -0.39 is 0 Å². The SMILES string of the molecule is CCCCOc1ccc(Nc2ncnc(Nc3cccc(C)n3)c2N)cc1. The molecule has 0 atom stereocenters. The van der Waals surface area contributed by atoms with Crippen LogP contribution in [0.5, 0.6) is 5.75 Å². The minimum atomic E-state index is 0.420. The number of hydrogen-bond acceptors (Lipinski definition) is 7. The summed E-state index contributed by atoms with van der Waals surface area (Å²) in [6, 6.07) is 13.4. The van der Waals surface area contributed by atoms with Crippen LogP contribution in [0.15, 0.2) is 48.8 Å². The van der Waals surface area contributed by atoms with Crippen molar-refractivity contribution >= 4 is 28.8 Å². The fourth-order valence-corrected chi connectivity index (χ4v) is 2.43. The number of unbranched alkanes of at least 4 members (excludes halogenated alkanes) is 1. The number of aromatic nitrogens is 3. The summed E-state index contributed by atoms with van der Waals surface area (Å²) >= 11 is 0. The summed E-state index contributed by atoms with van der Waals surface area (Å²) in [5.41, 5.74) is 8.42. The smallest absolute Gasteiger partial charge is 0.160 e. The molecular weight excluding hydrogens is 340 g/mol. The molecule has 2 aromatic heterocycles. The van der Waals surface area contributed by atoms with Gasteiger partial charge in [-0.2, -0.15) is 0 Å². The molecule has 0 fully saturated rings. The maximum Gasteiger partial charge on any atom is 0.160 e. The van der Waals surface area contributed by atoms with E-state index >= 15 is 0 Å². The first-order valence-electron chi connectivity index (χ1n) is 8.96. The fourth-order valence-electron chi connectivity index (χ4n) is 2.43. The quantitative estimate of drug-likeness (QED) is 0.509. The maximum atomic E-state index is 6.23. The summed E-state index contributed by atoms with van der Waals surface area (Å²) in [7, 11) is 0. The Morgan fingerprint density at radius 1 is 1.00 bits per heavy atom. The van der Waals surface area contributed by atoms with Crippen LogP contribution in [0.4, 0.5) is 28.8 Å². The first-order chi connectivity index (χ1) is 13.2. The van der Waals surface area contributed by atoms with Crippen molar-refractivity contribution in [1.82, 2.24) is 15.0 Å². The van der Waals surface area contributed by atoms with Crippen molar-refractivity contribution in [2.75, 3.05) is 23.0 Å². The topological polar surface area (TPSA) is 98.0 Å². The van der Waals surface area contributed by atoms with Crippen molar-refractivity contribution in [3.63, 3.8) is 0 Å². The highest BCUT2D eigenvalue weighted by molar-refractivity contribution is 5.79. The Morgan fingerprint density at radius 3 is 2.44 bits per heavy atom. The van der Waals surface area contributed by atoms with Gasteiger partial charge in [0.1, 0.15) is 23.6 Å². The number of aryl methyl sites for hydroxylation is 1. The van der Waals surface area contributed by atoms with Gasteiger partial charge in [0.05, 0.1) is 6.61 Å². The lowest BCUT2D eigenvalue weighted by Gasteiger charge is -2.13. The summed E-state index contributed by atoms with van der Waals surface area (Å²) in [4.78, 5) is 12.9. The molecule has 0 aliphatic carbocycles. The van der Waals surface area contributed by atoms with Gasteiger partial charge in [-0.25, -0.2) is 15.0 Å².